The van der Waals surface area contributed by atoms with Crippen molar-refractivity contribution in [2.45, 2.75) is 43.6 Å². The van der Waals surface area contributed by atoms with Gasteiger partial charge in [-0.2, -0.15) is 4.31 Å². The Morgan fingerprint density at radius 3 is 2.52 bits per heavy atom. The third-order valence-corrected chi connectivity index (χ3v) is 5.71. The zero-order valence-corrected chi connectivity index (χ0v) is 13.4. The van der Waals surface area contributed by atoms with Crippen LogP contribution in [0.25, 0.3) is 0 Å². The summed E-state index contributed by atoms with van der Waals surface area (Å²) in [4.78, 5) is 0.271. The topological polar surface area (TPSA) is 66.8 Å². The van der Waals surface area contributed by atoms with Gasteiger partial charge in [0, 0.05) is 13.1 Å². The summed E-state index contributed by atoms with van der Waals surface area (Å²) in [6.07, 6.45) is 1.76. The van der Waals surface area contributed by atoms with E-state index in [0.717, 1.165) is 0 Å². The Morgan fingerprint density at radius 1 is 1.24 bits per heavy atom. The van der Waals surface area contributed by atoms with Crippen LogP contribution in [0.4, 0.5) is 0 Å². The highest BCUT2D eigenvalue weighted by atomic mass is 32.2. The molecule has 0 saturated carbocycles. The van der Waals surface area contributed by atoms with Crippen LogP contribution in [0.2, 0.25) is 0 Å². The van der Waals surface area contributed by atoms with Crippen molar-refractivity contribution in [2.24, 2.45) is 0 Å². The third-order valence-electron chi connectivity index (χ3n) is 3.80. The van der Waals surface area contributed by atoms with Gasteiger partial charge < -0.3 is 9.84 Å². The average Bonchev–Trinajstić information content (AvgIpc) is 2.61. The summed E-state index contributed by atoms with van der Waals surface area (Å²) in [6.45, 7) is 5.00. The average molecular weight is 313 g/mol. The number of nitrogens with zero attached hydrogens (tertiary/aromatic N) is 1. The first-order chi connectivity index (χ1) is 9.85. The highest BCUT2D eigenvalue weighted by Crippen LogP contribution is 2.26. The summed E-state index contributed by atoms with van der Waals surface area (Å²) >= 11 is 0. The lowest BCUT2D eigenvalue weighted by Crippen LogP contribution is -2.33. The number of rotatable bonds is 4. The first-order valence-electron chi connectivity index (χ1n) is 7.30. The van der Waals surface area contributed by atoms with E-state index in [2.05, 4.69) is 0 Å². The summed E-state index contributed by atoms with van der Waals surface area (Å²) in [5.74, 6) is 0.662. The Kier molecular flexibility index (Phi) is 4.91. The third kappa shape index (κ3) is 3.96. The molecule has 0 aromatic heterocycles. The van der Waals surface area contributed by atoms with Crippen LogP contribution in [0.5, 0.6) is 5.75 Å². The summed E-state index contributed by atoms with van der Waals surface area (Å²) in [5, 5.41) is 10.1. The van der Waals surface area contributed by atoms with Gasteiger partial charge in [0.15, 0.2) is 0 Å². The molecule has 0 bridgehead atoms. The van der Waals surface area contributed by atoms with Gasteiger partial charge in [-0.25, -0.2) is 8.42 Å². The predicted molar refractivity (Wildman–Crippen MR) is 80.8 cm³/mol. The SMILES string of the molecule is CCOc1ccc(S(=O)(=O)N2CCCC(C)(O)CC2)cc1. The van der Waals surface area contributed by atoms with Crippen molar-refractivity contribution >= 4 is 10.0 Å². The van der Waals surface area contributed by atoms with Crippen LogP contribution in [0.15, 0.2) is 29.2 Å². The van der Waals surface area contributed by atoms with Crippen molar-refractivity contribution in [3.05, 3.63) is 24.3 Å². The van der Waals surface area contributed by atoms with Gasteiger partial charge in [0.25, 0.3) is 0 Å². The maximum atomic E-state index is 12.6. The molecule has 1 aliphatic heterocycles. The van der Waals surface area contributed by atoms with E-state index in [1.54, 1.807) is 31.2 Å². The molecule has 1 aromatic rings. The fourth-order valence-corrected chi connectivity index (χ4v) is 3.98. The largest absolute Gasteiger partial charge is 0.494 e. The van der Waals surface area contributed by atoms with Crippen LogP contribution in [0.3, 0.4) is 0 Å². The van der Waals surface area contributed by atoms with Gasteiger partial charge in [-0.05, 0) is 57.4 Å². The monoisotopic (exact) mass is 313 g/mol. The van der Waals surface area contributed by atoms with Crippen LogP contribution in [0, 0.1) is 0 Å². The number of sulfonamides is 1. The molecule has 1 heterocycles. The number of hydrogen-bond acceptors (Lipinski definition) is 4. The fraction of sp³-hybridized carbons (Fsp3) is 0.600. The Bertz CT molecular complexity index is 566. The molecular formula is C15H23NO4S. The minimum atomic E-state index is -3.50. The molecule has 0 spiro atoms. The summed E-state index contributed by atoms with van der Waals surface area (Å²) in [6, 6.07) is 6.49. The molecular weight excluding hydrogens is 290 g/mol. The van der Waals surface area contributed by atoms with Crippen molar-refractivity contribution in [3.63, 3.8) is 0 Å². The van der Waals surface area contributed by atoms with E-state index < -0.39 is 15.6 Å². The van der Waals surface area contributed by atoms with Gasteiger partial charge >= 0.3 is 0 Å². The van der Waals surface area contributed by atoms with Gasteiger partial charge in [-0.1, -0.05) is 0 Å². The van der Waals surface area contributed by atoms with Crippen LogP contribution in [0.1, 0.15) is 33.1 Å². The second-order valence-electron chi connectivity index (χ2n) is 5.66. The molecule has 1 aliphatic rings. The van der Waals surface area contributed by atoms with Gasteiger partial charge in [-0.3, -0.25) is 0 Å². The lowest BCUT2D eigenvalue weighted by molar-refractivity contribution is 0.0465. The number of aliphatic hydroxyl groups is 1. The number of ether oxygens (including phenoxy) is 1. The zero-order valence-electron chi connectivity index (χ0n) is 12.6. The van der Waals surface area contributed by atoms with E-state index in [0.29, 0.717) is 44.7 Å². The Hall–Kier alpha value is -1.11. The molecule has 118 valence electrons. The van der Waals surface area contributed by atoms with Crippen molar-refractivity contribution < 1.29 is 18.3 Å². The smallest absolute Gasteiger partial charge is 0.243 e. The van der Waals surface area contributed by atoms with Crippen molar-refractivity contribution in [1.29, 1.82) is 0 Å². The van der Waals surface area contributed by atoms with Crippen LogP contribution in [-0.2, 0) is 10.0 Å². The quantitative estimate of drug-likeness (QED) is 0.923. The van der Waals surface area contributed by atoms with Crippen LogP contribution < -0.4 is 4.74 Å². The van der Waals surface area contributed by atoms with E-state index in [9.17, 15) is 13.5 Å². The minimum Gasteiger partial charge on any atom is -0.494 e. The van der Waals surface area contributed by atoms with Crippen LogP contribution >= 0.6 is 0 Å². The van der Waals surface area contributed by atoms with E-state index in [-0.39, 0.29) is 4.90 Å². The summed E-state index contributed by atoms with van der Waals surface area (Å²) < 4.78 is 32.0. The fourth-order valence-electron chi connectivity index (χ4n) is 2.50. The minimum absolute atomic E-state index is 0.271. The molecule has 1 N–H and O–H groups in total. The summed E-state index contributed by atoms with van der Waals surface area (Å²) in [7, 11) is -3.50. The molecule has 1 saturated heterocycles. The van der Waals surface area contributed by atoms with Crippen LogP contribution in [-0.4, -0.2) is 43.1 Å². The molecule has 1 unspecified atom stereocenters. The highest BCUT2D eigenvalue weighted by Gasteiger charge is 2.31. The predicted octanol–water partition coefficient (Wildman–Crippen LogP) is 2.01. The Balaban J connectivity index is 2.17. The van der Waals surface area contributed by atoms with Gasteiger partial charge in [0.05, 0.1) is 17.1 Å². The molecule has 21 heavy (non-hydrogen) atoms. The van der Waals surface area contributed by atoms with Gasteiger partial charge in [-0.15, -0.1) is 0 Å². The van der Waals surface area contributed by atoms with Crippen molar-refractivity contribution in [2.75, 3.05) is 19.7 Å². The maximum Gasteiger partial charge on any atom is 0.243 e. The van der Waals surface area contributed by atoms with E-state index >= 15 is 0 Å². The molecule has 2 rings (SSSR count). The highest BCUT2D eigenvalue weighted by molar-refractivity contribution is 7.89. The number of benzene rings is 1. The van der Waals surface area contributed by atoms with E-state index in [1.165, 1.54) is 4.31 Å². The molecule has 0 amide bonds. The molecule has 1 fully saturated rings. The van der Waals surface area contributed by atoms with E-state index in [1.807, 2.05) is 6.92 Å². The maximum absolute atomic E-state index is 12.6. The molecule has 5 nitrogen and oxygen atoms in total. The van der Waals surface area contributed by atoms with Gasteiger partial charge in [0.2, 0.25) is 10.0 Å². The molecule has 1 aromatic carbocycles. The zero-order chi connectivity index (χ0) is 15.5. The standard InChI is InChI=1S/C15H23NO4S/c1-3-20-13-5-7-14(8-6-13)21(18,19)16-11-4-9-15(2,17)10-12-16/h5-8,17H,3-4,9-12H2,1-2H3. The second kappa shape index (κ2) is 6.34. The molecule has 6 heteroatoms. The number of hydrogen-bond donors (Lipinski definition) is 1. The lowest BCUT2D eigenvalue weighted by atomic mass is 9.98. The molecule has 0 aliphatic carbocycles. The molecule has 0 radical (unpaired) electrons. The Morgan fingerprint density at radius 2 is 1.90 bits per heavy atom. The van der Waals surface area contributed by atoms with Crippen molar-refractivity contribution in [3.8, 4) is 5.75 Å². The second-order valence-corrected chi connectivity index (χ2v) is 7.60. The van der Waals surface area contributed by atoms with E-state index in [4.69, 9.17) is 4.74 Å². The normalized spacial score (nSPS) is 24.5. The lowest BCUT2D eigenvalue weighted by Gasteiger charge is -2.22. The van der Waals surface area contributed by atoms with Crippen molar-refractivity contribution in [1.82, 2.24) is 4.31 Å². The first kappa shape index (κ1) is 16.3. The molecule has 1 atom stereocenters. The Labute approximate surface area is 126 Å². The first-order valence-corrected chi connectivity index (χ1v) is 8.74. The van der Waals surface area contributed by atoms with Gasteiger partial charge in [0.1, 0.15) is 5.75 Å². The summed E-state index contributed by atoms with van der Waals surface area (Å²) in [5.41, 5.74) is -0.775.